The van der Waals surface area contributed by atoms with E-state index in [0.717, 1.165) is 4.31 Å². The van der Waals surface area contributed by atoms with E-state index in [9.17, 15) is 13.2 Å². The SMILES string of the molecule is C=CCNC(=O)c1cc(S(=O)(=O)N(C)c2ccc(OC)cc2)ccc1Cl. The maximum absolute atomic E-state index is 12.9. The van der Waals surface area contributed by atoms with Crippen LogP contribution in [-0.2, 0) is 10.0 Å². The second kappa shape index (κ2) is 8.25. The van der Waals surface area contributed by atoms with Gasteiger partial charge in [-0.15, -0.1) is 6.58 Å². The van der Waals surface area contributed by atoms with E-state index in [2.05, 4.69) is 11.9 Å². The van der Waals surface area contributed by atoms with Crippen LogP contribution in [0.3, 0.4) is 0 Å². The minimum absolute atomic E-state index is 0.0380. The van der Waals surface area contributed by atoms with Gasteiger partial charge in [0.05, 0.1) is 28.3 Å². The number of amides is 1. The van der Waals surface area contributed by atoms with E-state index in [1.165, 1.54) is 38.4 Å². The first kappa shape index (κ1) is 19.8. The van der Waals surface area contributed by atoms with Crippen molar-refractivity contribution in [2.75, 3.05) is 25.0 Å². The molecule has 2 aromatic rings. The van der Waals surface area contributed by atoms with Crippen molar-refractivity contribution in [2.24, 2.45) is 0 Å². The lowest BCUT2D eigenvalue weighted by Gasteiger charge is -2.20. The summed E-state index contributed by atoms with van der Waals surface area (Å²) >= 11 is 6.04. The van der Waals surface area contributed by atoms with Gasteiger partial charge in [0.25, 0.3) is 15.9 Å². The fourth-order valence-electron chi connectivity index (χ4n) is 2.19. The van der Waals surface area contributed by atoms with Gasteiger partial charge in [-0.3, -0.25) is 9.10 Å². The van der Waals surface area contributed by atoms with Crippen LogP contribution < -0.4 is 14.4 Å². The van der Waals surface area contributed by atoms with E-state index < -0.39 is 15.9 Å². The molecule has 2 rings (SSSR count). The van der Waals surface area contributed by atoms with Crippen LogP contribution in [0.2, 0.25) is 5.02 Å². The molecule has 0 heterocycles. The molecule has 0 aliphatic carbocycles. The molecule has 0 spiro atoms. The molecule has 0 aromatic heterocycles. The molecule has 1 amide bonds. The molecule has 26 heavy (non-hydrogen) atoms. The quantitative estimate of drug-likeness (QED) is 0.732. The Hall–Kier alpha value is -2.51. The number of carbonyl (C=O) groups excluding carboxylic acids is 1. The van der Waals surface area contributed by atoms with Gasteiger partial charge < -0.3 is 10.1 Å². The molecule has 0 aliphatic rings. The summed E-state index contributed by atoms with van der Waals surface area (Å²) in [5.74, 6) is 0.145. The van der Waals surface area contributed by atoms with Crippen molar-refractivity contribution in [2.45, 2.75) is 4.90 Å². The molecule has 6 nitrogen and oxygen atoms in total. The Bertz CT molecular complexity index is 911. The second-order valence-corrected chi connectivity index (χ2v) is 7.69. The first-order valence-corrected chi connectivity index (χ1v) is 9.44. The van der Waals surface area contributed by atoms with Gasteiger partial charge in [0.15, 0.2) is 0 Å². The van der Waals surface area contributed by atoms with Crippen molar-refractivity contribution in [1.82, 2.24) is 5.32 Å². The van der Waals surface area contributed by atoms with Gasteiger partial charge in [0.2, 0.25) is 0 Å². The number of sulfonamides is 1. The van der Waals surface area contributed by atoms with Gasteiger partial charge in [-0.25, -0.2) is 8.42 Å². The van der Waals surface area contributed by atoms with Crippen molar-refractivity contribution in [3.63, 3.8) is 0 Å². The molecule has 0 atom stereocenters. The molecule has 138 valence electrons. The monoisotopic (exact) mass is 394 g/mol. The number of halogens is 1. The number of hydrogen-bond acceptors (Lipinski definition) is 4. The van der Waals surface area contributed by atoms with Gasteiger partial charge in [-0.2, -0.15) is 0 Å². The van der Waals surface area contributed by atoms with Crippen LogP contribution in [0.5, 0.6) is 5.75 Å². The highest BCUT2D eigenvalue weighted by Crippen LogP contribution is 2.27. The third-order valence-corrected chi connectivity index (χ3v) is 5.79. The molecule has 0 aliphatic heterocycles. The molecular weight excluding hydrogens is 376 g/mol. The van der Waals surface area contributed by atoms with Crippen LogP contribution in [0.15, 0.2) is 60.0 Å². The minimum atomic E-state index is -3.87. The van der Waals surface area contributed by atoms with Crippen molar-refractivity contribution in [3.05, 3.63) is 65.7 Å². The molecule has 2 aromatic carbocycles. The normalized spacial score (nSPS) is 10.9. The number of hydrogen-bond donors (Lipinski definition) is 1. The third-order valence-electron chi connectivity index (χ3n) is 3.68. The number of anilines is 1. The lowest BCUT2D eigenvalue weighted by atomic mass is 10.2. The molecule has 0 saturated heterocycles. The first-order chi connectivity index (χ1) is 12.3. The molecule has 8 heteroatoms. The standard InChI is InChI=1S/C18H19ClN2O4S/c1-4-11-20-18(22)16-12-15(9-10-17(16)19)26(23,24)21(2)13-5-7-14(25-3)8-6-13/h4-10,12H,1,11H2,2-3H3,(H,20,22). The Morgan fingerprint density at radius 3 is 2.50 bits per heavy atom. The second-order valence-electron chi connectivity index (χ2n) is 5.31. The Balaban J connectivity index is 2.38. The lowest BCUT2D eigenvalue weighted by Crippen LogP contribution is -2.28. The van der Waals surface area contributed by atoms with Crippen LogP contribution in [0.25, 0.3) is 0 Å². The molecule has 0 radical (unpaired) electrons. The van der Waals surface area contributed by atoms with Crippen LogP contribution in [0.4, 0.5) is 5.69 Å². The Labute approximate surface area is 158 Å². The summed E-state index contributed by atoms with van der Waals surface area (Å²) < 4.78 is 32.0. The summed E-state index contributed by atoms with van der Waals surface area (Å²) in [6, 6.07) is 10.6. The van der Waals surface area contributed by atoms with Gasteiger partial charge in [-0.05, 0) is 42.5 Å². The molecule has 0 saturated carbocycles. The molecule has 0 fully saturated rings. The smallest absolute Gasteiger partial charge is 0.264 e. The lowest BCUT2D eigenvalue weighted by molar-refractivity contribution is 0.0958. The Morgan fingerprint density at radius 1 is 1.27 bits per heavy atom. The van der Waals surface area contributed by atoms with E-state index in [0.29, 0.717) is 11.4 Å². The van der Waals surface area contributed by atoms with E-state index >= 15 is 0 Å². The molecule has 0 bridgehead atoms. The highest BCUT2D eigenvalue weighted by atomic mass is 35.5. The summed E-state index contributed by atoms with van der Waals surface area (Å²) in [7, 11) is -0.908. The zero-order valence-corrected chi connectivity index (χ0v) is 16.0. The number of carbonyl (C=O) groups is 1. The maximum atomic E-state index is 12.9. The highest BCUT2D eigenvalue weighted by Gasteiger charge is 2.23. The first-order valence-electron chi connectivity index (χ1n) is 7.63. The Kier molecular flexibility index (Phi) is 6.28. The fourth-order valence-corrected chi connectivity index (χ4v) is 3.61. The average Bonchev–Trinajstić information content (AvgIpc) is 2.65. The number of methoxy groups -OCH3 is 1. The topological polar surface area (TPSA) is 75.7 Å². The van der Waals surface area contributed by atoms with Crippen LogP contribution >= 0.6 is 11.6 Å². The fraction of sp³-hybridized carbons (Fsp3) is 0.167. The molecule has 0 unspecified atom stereocenters. The summed E-state index contributed by atoms with van der Waals surface area (Å²) in [5, 5.41) is 2.74. The number of ether oxygens (including phenoxy) is 1. The van der Waals surface area contributed by atoms with Gasteiger partial charge >= 0.3 is 0 Å². The van der Waals surface area contributed by atoms with Crippen LogP contribution in [0.1, 0.15) is 10.4 Å². The number of benzene rings is 2. The predicted octanol–water partition coefficient (Wildman–Crippen LogP) is 3.09. The summed E-state index contributed by atoms with van der Waals surface area (Å²) in [5.41, 5.74) is 0.538. The van der Waals surface area contributed by atoms with Gasteiger partial charge in [-0.1, -0.05) is 17.7 Å². The third kappa shape index (κ3) is 4.17. The molecular formula is C18H19ClN2O4S. The zero-order valence-electron chi connectivity index (χ0n) is 14.4. The maximum Gasteiger partial charge on any atom is 0.264 e. The van der Waals surface area contributed by atoms with E-state index in [1.807, 2.05) is 0 Å². The van der Waals surface area contributed by atoms with Crippen molar-refractivity contribution in [3.8, 4) is 5.75 Å². The number of nitrogens with one attached hydrogen (secondary N) is 1. The number of rotatable bonds is 7. The predicted molar refractivity (Wildman–Crippen MR) is 103 cm³/mol. The van der Waals surface area contributed by atoms with E-state index in [-0.39, 0.29) is 22.0 Å². The van der Waals surface area contributed by atoms with E-state index in [1.54, 1.807) is 24.3 Å². The van der Waals surface area contributed by atoms with Crippen molar-refractivity contribution >= 4 is 33.2 Å². The van der Waals surface area contributed by atoms with Gasteiger partial charge in [0, 0.05) is 13.6 Å². The zero-order chi connectivity index (χ0) is 19.3. The summed E-state index contributed by atoms with van der Waals surface area (Å²) in [6.07, 6.45) is 1.52. The Morgan fingerprint density at radius 2 is 1.92 bits per heavy atom. The van der Waals surface area contributed by atoms with E-state index in [4.69, 9.17) is 16.3 Å². The van der Waals surface area contributed by atoms with Gasteiger partial charge in [0.1, 0.15) is 5.75 Å². The average molecular weight is 395 g/mol. The molecule has 1 N–H and O–H groups in total. The van der Waals surface area contributed by atoms with Crippen molar-refractivity contribution in [1.29, 1.82) is 0 Å². The van der Waals surface area contributed by atoms with Crippen LogP contribution in [0, 0.1) is 0 Å². The largest absolute Gasteiger partial charge is 0.497 e. The summed E-state index contributed by atoms with van der Waals surface area (Å²) in [6.45, 7) is 3.76. The number of nitrogens with zero attached hydrogens (tertiary/aromatic N) is 1. The van der Waals surface area contributed by atoms with Crippen molar-refractivity contribution < 1.29 is 17.9 Å². The highest BCUT2D eigenvalue weighted by molar-refractivity contribution is 7.92. The minimum Gasteiger partial charge on any atom is -0.497 e. The summed E-state index contributed by atoms with van der Waals surface area (Å²) in [4.78, 5) is 12.1. The van der Waals surface area contributed by atoms with Crippen LogP contribution in [-0.4, -0.2) is 35.0 Å².